The Kier molecular flexibility index (Phi) is 8.65. The van der Waals surface area contributed by atoms with Gasteiger partial charge in [0.15, 0.2) is 0 Å². The summed E-state index contributed by atoms with van der Waals surface area (Å²) in [4.78, 5) is 28.2. The number of hydrogen-bond donors (Lipinski definition) is 3. The van der Waals surface area contributed by atoms with E-state index in [0.29, 0.717) is 50.3 Å². The van der Waals surface area contributed by atoms with Crippen molar-refractivity contribution in [2.75, 3.05) is 42.2 Å². The molecule has 1 aromatic heterocycles. The summed E-state index contributed by atoms with van der Waals surface area (Å²) in [5, 5.41) is 8.95. The van der Waals surface area contributed by atoms with Gasteiger partial charge in [-0.1, -0.05) is 55.5 Å². The summed E-state index contributed by atoms with van der Waals surface area (Å²) in [7, 11) is 1.74. The molecular weight excluding hydrogens is 495 g/mol. The first-order chi connectivity index (χ1) is 18.2. The topological polar surface area (TPSA) is 95.1 Å². The van der Waals surface area contributed by atoms with Crippen LogP contribution in [-0.2, 0) is 17.5 Å². The number of halogens is 3. The Morgan fingerprint density at radius 2 is 1.66 bits per heavy atom. The predicted molar refractivity (Wildman–Crippen MR) is 141 cm³/mol. The van der Waals surface area contributed by atoms with Gasteiger partial charge in [-0.15, -0.1) is 0 Å². The second kappa shape index (κ2) is 12.1. The maximum atomic E-state index is 13.2. The zero-order valence-corrected chi connectivity index (χ0v) is 21.4. The molecule has 8 nitrogen and oxygen atoms in total. The first-order valence-electron chi connectivity index (χ1n) is 12.6. The van der Waals surface area contributed by atoms with Gasteiger partial charge < -0.3 is 20.9 Å². The van der Waals surface area contributed by atoms with E-state index in [0.717, 1.165) is 6.07 Å². The highest BCUT2D eigenvalue weighted by Gasteiger charge is 2.33. The predicted octanol–water partition coefficient (Wildman–Crippen LogP) is 4.68. The van der Waals surface area contributed by atoms with E-state index >= 15 is 0 Å². The maximum Gasteiger partial charge on any atom is 0.416 e. The molecule has 1 amide bonds. The van der Waals surface area contributed by atoms with Crippen molar-refractivity contribution in [1.29, 1.82) is 0 Å². The quantitative estimate of drug-likeness (QED) is 0.372. The van der Waals surface area contributed by atoms with Crippen LogP contribution in [0, 0.1) is 5.92 Å². The fraction of sp³-hybridized carbons (Fsp3) is 0.407. The third kappa shape index (κ3) is 6.90. The number of anilines is 3. The van der Waals surface area contributed by atoms with Crippen molar-refractivity contribution in [1.82, 2.24) is 20.3 Å². The molecule has 3 aromatic rings. The summed E-state index contributed by atoms with van der Waals surface area (Å²) in [5.74, 6) is 1.13. The molecule has 1 aliphatic rings. The van der Waals surface area contributed by atoms with E-state index in [-0.39, 0.29) is 29.9 Å². The van der Waals surface area contributed by atoms with Gasteiger partial charge in [-0.25, -0.2) is 0 Å². The van der Waals surface area contributed by atoms with Crippen LogP contribution in [0.15, 0.2) is 54.6 Å². The second-order valence-electron chi connectivity index (χ2n) is 9.36. The second-order valence-corrected chi connectivity index (χ2v) is 9.36. The third-order valence-corrected chi connectivity index (χ3v) is 6.71. The zero-order valence-electron chi connectivity index (χ0n) is 21.4. The van der Waals surface area contributed by atoms with Gasteiger partial charge >= 0.3 is 6.18 Å². The molecule has 1 atom stereocenters. The highest BCUT2D eigenvalue weighted by Crippen LogP contribution is 2.32. The van der Waals surface area contributed by atoms with E-state index in [4.69, 9.17) is 0 Å². The molecule has 0 unspecified atom stereocenters. The van der Waals surface area contributed by atoms with Crippen LogP contribution in [0.3, 0.4) is 0 Å². The van der Waals surface area contributed by atoms with Crippen LogP contribution in [0.5, 0.6) is 0 Å². The van der Waals surface area contributed by atoms with E-state index in [1.165, 1.54) is 23.8 Å². The number of carbonyl (C=O) groups excluding carboxylic acids is 1. The van der Waals surface area contributed by atoms with Crippen molar-refractivity contribution in [2.24, 2.45) is 5.92 Å². The van der Waals surface area contributed by atoms with Crippen LogP contribution >= 0.6 is 0 Å². The molecule has 0 aliphatic carbocycles. The number of nitrogens with zero attached hydrogens (tertiary/aromatic N) is 4. The number of rotatable bonds is 9. The minimum Gasteiger partial charge on any atom is -0.357 e. The summed E-state index contributed by atoms with van der Waals surface area (Å²) >= 11 is 0. The lowest BCUT2D eigenvalue weighted by Crippen LogP contribution is -2.41. The molecule has 2 heterocycles. The zero-order chi connectivity index (χ0) is 27.1. The van der Waals surface area contributed by atoms with E-state index in [9.17, 15) is 18.0 Å². The van der Waals surface area contributed by atoms with Gasteiger partial charge in [0.1, 0.15) is 0 Å². The van der Waals surface area contributed by atoms with Gasteiger partial charge in [0.2, 0.25) is 23.8 Å². The lowest BCUT2D eigenvalue weighted by Gasteiger charge is -2.31. The van der Waals surface area contributed by atoms with Crippen LogP contribution in [0.1, 0.15) is 42.4 Å². The molecule has 1 aliphatic heterocycles. The van der Waals surface area contributed by atoms with Crippen LogP contribution in [0.25, 0.3) is 0 Å². The molecule has 202 valence electrons. The molecular formula is C27H32F3N7O. The third-order valence-electron chi connectivity index (χ3n) is 6.71. The maximum absolute atomic E-state index is 13.2. The first-order valence-corrected chi connectivity index (χ1v) is 12.6. The van der Waals surface area contributed by atoms with Crippen molar-refractivity contribution < 1.29 is 18.0 Å². The highest BCUT2D eigenvalue weighted by molar-refractivity contribution is 5.79. The fourth-order valence-electron chi connectivity index (χ4n) is 4.46. The van der Waals surface area contributed by atoms with Gasteiger partial charge in [-0.2, -0.15) is 28.1 Å². The number of benzene rings is 2. The molecule has 11 heteroatoms. The number of nitrogens with one attached hydrogen (secondary N) is 3. The Bertz CT molecular complexity index is 1210. The lowest BCUT2D eigenvalue weighted by atomic mass is 9.96. The molecule has 1 fully saturated rings. The molecule has 0 saturated carbocycles. The van der Waals surface area contributed by atoms with Crippen LogP contribution < -0.4 is 20.9 Å². The smallest absolute Gasteiger partial charge is 0.357 e. The number of aromatic nitrogens is 3. The Balaban J connectivity index is 1.33. The minimum absolute atomic E-state index is 0.0529. The molecule has 0 spiro atoms. The van der Waals surface area contributed by atoms with Gasteiger partial charge in [0.25, 0.3) is 0 Å². The lowest BCUT2D eigenvalue weighted by molar-refractivity contribution is -0.138. The van der Waals surface area contributed by atoms with E-state index in [1.54, 1.807) is 7.05 Å². The fourth-order valence-corrected chi connectivity index (χ4v) is 4.46. The molecule has 0 radical (unpaired) electrons. The molecule has 1 saturated heterocycles. The van der Waals surface area contributed by atoms with Crippen molar-refractivity contribution in [3.8, 4) is 0 Å². The first kappa shape index (κ1) is 27.2. The standard InChI is InChI=1S/C27H32F3N7O/c1-18(19-8-4-3-5-9-19)16-33-25-34-24(31-2)35-26(36-25)37-14-12-20(13-15-37)23(38)32-17-21-10-6-7-11-22(21)27(28,29)30/h3-11,18,20H,12-17H2,1-2H3,(H,32,38)(H2,31,33,34,35,36)/t18-/m0/s1. The Hall–Kier alpha value is -3.89. The molecule has 3 N–H and O–H groups in total. The summed E-state index contributed by atoms with van der Waals surface area (Å²) in [6.45, 7) is 3.70. The van der Waals surface area contributed by atoms with Gasteiger partial charge in [0.05, 0.1) is 5.56 Å². The average Bonchev–Trinajstić information content (AvgIpc) is 2.94. The number of amides is 1. The Labute approximate surface area is 220 Å². The normalized spacial score (nSPS) is 15.1. The van der Waals surface area contributed by atoms with Crippen molar-refractivity contribution >= 4 is 23.8 Å². The van der Waals surface area contributed by atoms with Crippen molar-refractivity contribution in [2.45, 2.75) is 38.4 Å². The van der Waals surface area contributed by atoms with Crippen LogP contribution in [0.2, 0.25) is 0 Å². The molecule has 0 bridgehead atoms. The summed E-state index contributed by atoms with van der Waals surface area (Å²) in [6.07, 6.45) is -3.38. The number of carbonyl (C=O) groups is 1. The number of alkyl halides is 3. The van der Waals surface area contributed by atoms with Gasteiger partial charge in [0, 0.05) is 39.1 Å². The summed E-state index contributed by atoms with van der Waals surface area (Å²) in [5.41, 5.74) is 0.537. The molecule has 2 aromatic carbocycles. The average molecular weight is 528 g/mol. The Morgan fingerprint density at radius 1 is 1.00 bits per heavy atom. The monoisotopic (exact) mass is 527 g/mol. The van der Waals surface area contributed by atoms with E-state index in [1.807, 2.05) is 23.1 Å². The summed E-state index contributed by atoms with van der Waals surface area (Å²) in [6, 6.07) is 15.5. The number of piperidine rings is 1. The SMILES string of the molecule is CNc1nc(NC[C@H](C)c2ccccc2)nc(N2CCC(C(=O)NCc3ccccc3C(F)(F)F)CC2)n1. The van der Waals surface area contributed by atoms with Gasteiger partial charge in [-0.05, 0) is 36.0 Å². The summed E-state index contributed by atoms with van der Waals surface area (Å²) < 4.78 is 39.7. The molecule has 4 rings (SSSR count). The largest absolute Gasteiger partial charge is 0.416 e. The van der Waals surface area contributed by atoms with E-state index in [2.05, 4.69) is 50.0 Å². The van der Waals surface area contributed by atoms with Crippen molar-refractivity contribution in [3.05, 3.63) is 71.3 Å². The highest BCUT2D eigenvalue weighted by atomic mass is 19.4. The van der Waals surface area contributed by atoms with Crippen LogP contribution in [-0.4, -0.2) is 47.5 Å². The van der Waals surface area contributed by atoms with Gasteiger partial charge in [-0.3, -0.25) is 4.79 Å². The number of hydrogen-bond acceptors (Lipinski definition) is 7. The minimum atomic E-state index is -4.46. The van der Waals surface area contributed by atoms with Crippen molar-refractivity contribution in [3.63, 3.8) is 0 Å². The van der Waals surface area contributed by atoms with E-state index < -0.39 is 11.7 Å². The molecule has 38 heavy (non-hydrogen) atoms. The Morgan fingerprint density at radius 3 is 2.34 bits per heavy atom. The van der Waals surface area contributed by atoms with Crippen LogP contribution in [0.4, 0.5) is 31.0 Å².